The molecule has 5 nitrogen and oxygen atoms in total. The standard InChI is InChI=1S/C16H30N2O3/c1-3-13(14-6-5-11-21-14)17-15(20)18-9-7-16(4-2,12-19)8-10-18/h13-14,19H,3-12H2,1-2H3,(H,17,20). The molecule has 2 N–H and O–H groups in total. The largest absolute Gasteiger partial charge is 0.396 e. The summed E-state index contributed by atoms with van der Waals surface area (Å²) >= 11 is 0. The van der Waals surface area contributed by atoms with Gasteiger partial charge in [0.1, 0.15) is 0 Å². The van der Waals surface area contributed by atoms with Gasteiger partial charge in [0.25, 0.3) is 0 Å². The Balaban J connectivity index is 1.83. The van der Waals surface area contributed by atoms with Crippen LogP contribution < -0.4 is 5.32 Å². The first-order valence-electron chi connectivity index (χ1n) is 8.42. The van der Waals surface area contributed by atoms with Gasteiger partial charge in [-0.15, -0.1) is 0 Å². The topological polar surface area (TPSA) is 61.8 Å². The highest BCUT2D eigenvalue weighted by atomic mass is 16.5. The molecule has 2 saturated heterocycles. The molecule has 2 heterocycles. The normalized spacial score (nSPS) is 26.6. The van der Waals surface area contributed by atoms with E-state index < -0.39 is 0 Å². The average molecular weight is 298 g/mol. The molecule has 0 aliphatic carbocycles. The molecule has 0 aromatic carbocycles. The first kappa shape index (κ1) is 16.6. The summed E-state index contributed by atoms with van der Waals surface area (Å²) in [7, 11) is 0. The maximum absolute atomic E-state index is 12.4. The van der Waals surface area contributed by atoms with Crippen molar-refractivity contribution in [1.82, 2.24) is 10.2 Å². The van der Waals surface area contributed by atoms with Crippen molar-refractivity contribution in [3.8, 4) is 0 Å². The number of likely N-dealkylation sites (tertiary alicyclic amines) is 1. The first-order valence-corrected chi connectivity index (χ1v) is 8.42. The van der Waals surface area contributed by atoms with Gasteiger partial charge in [-0.1, -0.05) is 13.8 Å². The number of rotatable bonds is 5. The van der Waals surface area contributed by atoms with Crippen LogP contribution in [0.3, 0.4) is 0 Å². The summed E-state index contributed by atoms with van der Waals surface area (Å²) in [5.74, 6) is 0. The van der Waals surface area contributed by atoms with Crippen molar-refractivity contribution in [3.05, 3.63) is 0 Å². The third-order valence-electron chi connectivity index (χ3n) is 5.36. The molecule has 0 aromatic rings. The van der Waals surface area contributed by atoms with Gasteiger partial charge < -0.3 is 20.1 Å². The van der Waals surface area contributed by atoms with Crippen LogP contribution in [0.2, 0.25) is 0 Å². The monoisotopic (exact) mass is 298 g/mol. The quantitative estimate of drug-likeness (QED) is 0.817. The van der Waals surface area contributed by atoms with Crippen molar-refractivity contribution in [2.45, 2.75) is 64.5 Å². The zero-order chi connectivity index (χ0) is 15.3. The third-order valence-corrected chi connectivity index (χ3v) is 5.36. The van der Waals surface area contributed by atoms with Crippen molar-refractivity contribution >= 4 is 6.03 Å². The van der Waals surface area contributed by atoms with Crippen LogP contribution in [0.4, 0.5) is 4.79 Å². The van der Waals surface area contributed by atoms with E-state index in [4.69, 9.17) is 4.74 Å². The van der Waals surface area contributed by atoms with Gasteiger partial charge in [-0.25, -0.2) is 4.79 Å². The zero-order valence-electron chi connectivity index (χ0n) is 13.4. The lowest BCUT2D eigenvalue weighted by molar-refractivity contribution is 0.0469. The molecule has 5 heteroatoms. The second-order valence-corrected chi connectivity index (χ2v) is 6.51. The Kier molecular flexibility index (Phi) is 5.88. The van der Waals surface area contributed by atoms with Crippen molar-refractivity contribution in [3.63, 3.8) is 0 Å². The van der Waals surface area contributed by atoms with E-state index in [2.05, 4.69) is 19.2 Å². The number of aliphatic hydroxyl groups is 1. The Hall–Kier alpha value is -0.810. The number of aliphatic hydroxyl groups excluding tert-OH is 1. The Morgan fingerprint density at radius 2 is 2.14 bits per heavy atom. The highest BCUT2D eigenvalue weighted by Crippen LogP contribution is 2.34. The van der Waals surface area contributed by atoms with E-state index in [-0.39, 0.29) is 30.2 Å². The maximum atomic E-state index is 12.4. The zero-order valence-corrected chi connectivity index (χ0v) is 13.4. The summed E-state index contributed by atoms with van der Waals surface area (Å²) in [6.07, 6.45) is 5.98. The minimum atomic E-state index is 0.0233. The van der Waals surface area contributed by atoms with Crippen LogP contribution in [0.5, 0.6) is 0 Å². The van der Waals surface area contributed by atoms with Gasteiger partial charge >= 0.3 is 6.03 Å². The Labute approximate surface area is 128 Å². The average Bonchev–Trinajstić information content (AvgIpc) is 3.06. The van der Waals surface area contributed by atoms with E-state index in [1.807, 2.05) is 4.90 Å². The summed E-state index contributed by atoms with van der Waals surface area (Å²) in [5, 5.41) is 12.7. The summed E-state index contributed by atoms with van der Waals surface area (Å²) in [6.45, 7) is 6.74. The highest BCUT2D eigenvalue weighted by Gasteiger charge is 2.35. The van der Waals surface area contributed by atoms with Crippen molar-refractivity contribution < 1.29 is 14.6 Å². The molecule has 122 valence electrons. The molecular formula is C16H30N2O3. The van der Waals surface area contributed by atoms with Crippen molar-refractivity contribution in [2.75, 3.05) is 26.3 Å². The molecule has 0 radical (unpaired) electrons. The van der Waals surface area contributed by atoms with Crippen LogP contribution >= 0.6 is 0 Å². The van der Waals surface area contributed by atoms with Crippen LogP contribution in [0.1, 0.15) is 52.4 Å². The highest BCUT2D eigenvalue weighted by molar-refractivity contribution is 5.74. The molecule has 2 rings (SSSR count). The molecule has 0 spiro atoms. The minimum absolute atomic E-state index is 0.0233. The molecule has 0 bridgehead atoms. The number of carbonyl (C=O) groups excluding carboxylic acids is 1. The lowest BCUT2D eigenvalue weighted by Crippen LogP contribution is -2.52. The van der Waals surface area contributed by atoms with Crippen LogP contribution in [0, 0.1) is 5.41 Å². The SMILES string of the molecule is CCC(NC(=O)N1CCC(CC)(CO)CC1)C1CCCO1. The van der Waals surface area contributed by atoms with Crippen molar-refractivity contribution in [2.24, 2.45) is 5.41 Å². The number of nitrogens with zero attached hydrogens (tertiary/aromatic N) is 1. The number of carbonyl (C=O) groups is 1. The number of amides is 2. The van der Waals surface area contributed by atoms with E-state index in [0.29, 0.717) is 0 Å². The predicted octanol–water partition coefficient (Wildman–Crippen LogP) is 2.14. The molecule has 2 fully saturated rings. The van der Waals surface area contributed by atoms with Gasteiger partial charge in [-0.2, -0.15) is 0 Å². The van der Waals surface area contributed by atoms with E-state index in [0.717, 1.165) is 58.2 Å². The van der Waals surface area contributed by atoms with Gasteiger partial charge in [0.05, 0.1) is 12.1 Å². The molecule has 0 saturated carbocycles. The van der Waals surface area contributed by atoms with Crippen LogP contribution in [-0.4, -0.2) is 54.5 Å². The maximum Gasteiger partial charge on any atom is 0.317 e. The lowest BCUT2D eigenvalue weighted by Gasteiger charge is -2.40. The van der Waals surface area contributed by atoms with Crippen molar-refractivity contribution in [1.29, 1.82) is 0 Å². The molecule has 2 aliphatic heterocycles. The summed E-state index contributed by atoms with van der Waals surface area (Å²) < 4.78 is 5.70. The molecule has 2 unspecified atom stereocenters. The third kappa shape index (κ3) is 3.89. The van der Waals surface area contributed by atoms with Crippen LogP contribution in [0.15, 0.2) is 0 Å². The van der Waals surface area contributed by atoms with Gasteiger partial charge in [-0.05, 0) is 43.9 Å². The number of nitrogens with one attached hydrogen (secondary N) is 1. The Morgan fingerprint density at radius 1 is 1.43 bits per heavy atom. The fourth-order valence-electron chi connectivity index (χ4n) is 3.44. The fraction of sp³-hybridized carbons (Fsp3) is 0.938. The molecular weight excluding hydrogens is 268 g/mol. The first-order chi connectivity index (χ1) is 10.1. The second-order valence-electron chi connectivity index (χ2n) is 6.51. The van der Waals surface area contributed by atoms with Gasteiger partial charge in [-0.3, -0.25) is 0 Å². The Morgan fingerprint density at radius 3 is 2.62 bits per heavy atom. The second kappa shape index (κ2) is 7.45. The van der Waals surface area contributed by atoms with Crippen LogP contribution in [0.25, 0.3) is 0 Å². The summed E-state index contributed by atoms with van der Waals surface area (Å²) in [6, 6.07) is 0.149. The molecule has 2 atom stereocenters. The number of piperidine rings is 1. The number of hydrogen-bond acceptors (Lipinski definition) is 3. The van der Waals surface area contributed by atoms with Gasteiger partial charge in [0.15, 0.2) is 0 Å². The van der Waals surface area contributed by atoms with E-state index in [1.54, 1.807) is 0 Å². The van der Waals surface area contributed by atoms with E-state index >= 15 is 0 Å². The molecule has 2 amide bonds. The fourth-order valence-corrected chi connectivity index (χ4v) is 3.44. The van der Waals surface area contributed by atoms with E-state index in [1.165, 1.54) is 0 Å². The summed E-state index contributed by atoms with van der Waals surface area (Å²) in [4.78, 5) is 14.3. The number of ether oxygens (including phenoxy) is 1. The smallest absolute Gasteiger partial charge is 0.317 e. The minimum Gasteiger partial charge on any atom is -0.396 e. The number of urea groups is 1. The van der Waals surface area contributed by atoms with Gasteiger partial charge in [0.2, 0.25) is 0 Å². The van der Waals surface area contributed by atoms with Gasteiger partial charge in [0, 0.05) is 26.3 Å². The molecule has 2 aliphatic rings. The molecule has 0 aromatic heterocycles. The lowest BCUT2D eigenvalue weighted by atomic mass is 9.77. The van der Waals surface area contributed by atoms with E-state index in [9.17, 15) is 9.90 Å². The summed E-state index contributed by atoms with van der Waals surface area (Å²) in [5.41, 5.74) is 0.0233. The Bertz CT molecular complexity index is 328. The predicted molar refractivity (Wildman–Crippen MR) is 82.2 cm³/mol. The number of hydrogen-bond donors (Lipinski definition) is 2. The molecule has 21 heavy (non-hydrogen) atoms. The van der Waals surface area contributed by atoms with Crippen LogP contribution in [-0.2, 0) is 4.74 Å².